The molecule has 0 amide bonds. The molecule has 1 rings (SSSR count). The number of tetrazole rings is 1. The normalized spacial score (nSPS) is 11.5. The van der Waals surface area contributed by atoms with Crippen molar-refractivity contribution in [3.8, 4) is 0 Å². The van der Waals surface area contributed by atoms with Gasteiger partial charge in [0.05, 0.1) is 7.11 Å². The van der Waals surface area contributed by atoms with Crippen molar-refractivity contribution in [2.24, 2.45) is 5.41 Å². The van der Waals surface area contributed by atoms with Crippen LogP contribution in [0.3, 0.4) is 0 Å². The second-order valence-corrected chi connectivity index (χ2v) is 5.92. The fraction of sp³-hybridized carbons (Fsp3) is 0.800. The monoisotopic (exact) mass is 258 g/mol. The van der Waals surface area contributed by atoms with Gasteiger partial charge in [-0.1, -0.05) is 32.5 Å². The molecule has 0 saturated heterocycles. The first-order valence-electron chi connectivity index (χ1n) is 5.38. The van der Waals surface area contributed by atoms with Crippen molar-refractivity contribution in [2.45, 2.75) is 38.9 Å². The van der Waals surface area contributed by atoms with Gasteiger partial charge in [0, 0.05) is 5.75 Å². The van der Waals surface area contributed by atoms with Crippen LogP contribution in [-0.2, 0) is 16.1 Å². The van der Waals surface area contributed by atoms with Gasteiger partial charge in [0.1, 0.15) is 6.54 Å². The first-order valence-corrected chi connectivity index (χ1v) is 6.37. The molecule has 0 unspecified atom stereocenters. The van der Waals surface area contributed by atoms with E-state index in [1.807, 2.05) is 0 Å². The second-order valence-electron chi connectivity index (χ2n) is 4.85. The minimum Gasteiger partial charge on any atom is -0.468 e. The van der Waals surface area contributed by atoms with Gasteiger partial charge in [0.25, 0.3) is 0 Å². The summed E-state index contributed by atoms with van der Waals surface area (Å²) in [6.07, 6.45) is 1.06. The number of carbonyl (C=O) groups is 1. The van der Waals surface area contributed by atoms with Gasteiger partial charge >= 0.3 is 5.97 Å². The molecule has 0 aliphatic heterocycles. The summed E-state index contributed by atoms with van der Waals surface area (Å²) in [4.78, 5) is 11.1. The van der Waals surface area contributed by atoms with Gasteiger partial charge in [0.2, 0.25) is 5.16 Å². The largest absolute Gasteiger partial charge is 0.468 e. The van der Waals surface area contributed by atoms with E-state index in [1.54, 1.807) is 11.8 Å². The molecule has 0 saturated carbocycles. The van der Waals surface area contributed by atoms with E-state index in [-0.39, 0.29) is 17.9 Å². The molecule has 0 N–H and O–H groups in total. The Balaban J connectivity index is 2.49. The van der Waals surface area contributed by atoms with Crippen LogP contribution in [0.15, 0.2) is 5.16 Å². The van der Waals surface area contributed by atoms with Gasteiger partial charge in [-0.3, -0.25) is 4.79 Å². The Morgan fingerprint density at radius 2 is 2.18 bits per heavy atom. The van der Waals surface area contributed by atoms with Crippen molar-refractivity contribution in [1.29, 1.82) is 0 Å². The Hall–Kier alpha value is -1.11. The molecule has 96 valence electrons. The maximum Gasteiger partial charge on any atom is 0.327 e. The first-order chi connectivity index (χ1) is 7.92. The standard InChI is InChI=1S/C10H18N4O2S/c1-10(2,3)5-6-17-9-11-12-13-14(9)7-8(15)16-4/h5-7H2,1-4H3. The Kier molecular flexibility index (Phi) is 4.92. The summed E-state index contributed by atoms with van der Waals surface area (Å²) in [5, 5.41) is 11.8. The summed E-state index contributed by atoms with van der Waals surface area (Å²) in [5.41, 5.74) is 0.285. The summed E-state index contributed by atoms with van der Waals surface area (Å²) in [7, 11) is 1.35. The molecule has 7 heteroatoms. The molecule has 0 spiro atoms. The second kappa shape index (κ2) is 6.00. The third-order valence-corrected chi connectivity index (χ3v) is 3.05. The zero-order chi connectivity index (χ0) is 12.9. The zero-order valence-corrected chi connectivity index (χ0v) is 11.5. The van der Waals surface area contributed by atoms with Crippen LogP contribution >= 0.6 is 11.8 Å². The van der Waals surface area contributed by atoms with Gasteiger partial charge in [0.15, 0.2) is 0 Å². The maximum absolute atomic E-state index is 11.1. The van der Waals surface area contributed by atoms with Crippen molar-refractivity contribution in [3.63, 3.8) is 0 Å². The molecule has 0 bridgehead atoms. The zero-order valence-electron chi connectivity index (χ0n) is 10.6. The Labute approximate surface area is 105 Å². The summed E-state index contributed by atoms with van der Waals surface area (Å²) in [6, 6.07) is 0. The van der Waals surface area contributed by atoms with E-state index < -0.39 is 0 Å². The number of methoxy groups -OCH3 is 1. The van der Waals surface area contributed by atoms with Crippen molar-refractivity contribution >= 4 is 17.7 Å². The molecule has 1 aromatic heterocycles. The molecular weight excluding hydrogens is 240 g/mol. The highest BCUT2D eigenvalue weighted by molar-refractivity contribution is 7.99. The third-order valence-electron chi connectivity index (χ3n) is 2.09. The third kappa shape index (κ3) is 5.16. The average Bonchev–Trinajstić information content (AvgIpc) is 2.64. The molecule has 0 aliphatic rings. The van der Waals surface area contributed by atoms with Crippen LogP contribution in [0.25, 0.3) is 0 Å². The Bertz CT molecular complexity index is 373. The van der Waals surface area contributed by atoms with Crippen LogP contribution in [0, 0.1) is 5.41 Å². The molecule has 0 fully saturated rings. The number of rotatable bonds is 5. The van der Waals surface area contributed by atoms with E-state index in [4.69, 9.17) is 0 Å². The van der Waals surface area contributed by atoms with Crippen LogP contribution < -0.4 is 0 Å². The molecule has 6 nitrogen and oxygen atoms in total. The van der Waals surface area contributed by atoms with E-state index >= 15 is 0 Å². The fourth-order valence-electron chi connectivity index (χ4n) is 1.03. The molecule has 0 aromatic carbocycles. The summed E-state index contributed by atoms with van der Waals surface area (Å²) in [6.45, 7) is 6.61. The highest BCUT2D eigenvalue weighted by atomic mass is 32.2. The maximum atomic E-state index is 11.1. The van der Waals surface area contributed by atoms with Crippen LogP contribution in [0.2, 0.25) is 0 Å². The van der Waals surface area contributed by atoms with E-state index in [9.17, 15) is 4.79 Å². The minimum absolute atomic E-state index is 0.0569. The predicted molar refractivity (Wildman–Crippen MR) is 64.6 cm³/mol. The van der Waals surface area contributed by atoms with Crippen molar-refractivity contribution in [2.75, 3.05) is 12.9 Å². The first kappa shape index (κ1) is 14.0. The van der Waals surface area contributed by atoms with E-state index in [1.165, 1.54) is 11.8 Å². The number of ether oxygens (including phenoxy) is 1. The van der Waals surface area contributed by atoms with Gasteiger partial charge < -0.3 is 4.74 Å². The van der Waals surface area contributed by atoms with Crippen molar-refractivity contribution in [3.05, 3.63) is 0 Å². The Morgan fingerprint density at radius 1 is 1.47 bits per heavy atom. The number of nitrogens with zero attached hydrogens (tertiary/aromatic N) is 4. The number of thioether (sulfide) groups is 1. The summed E-state index contributed by atoms with van der Waals surface area (Å²) >= 11 is 1.55. The highest BCUT2D eigenvalue weighted by Gasteiger charge is 2.14. The minimum atomic E-state index is -0.352. The van der Waals surface area contributed by atoms with Gasteiger partial charge in [-0.15, -0.1) is 5.10 Å². The van der Waals surface area contributed by atoms with Crippen LogP contribution in [0.4, 0.5) is 0 Å². The van der Waals surface area contributed by atoms with E-state index in [0.29, 0.717) is 5.16 Å². The van der Waals surface area contributed by atoms with Crippen molar-refractivity contribution in [1.82, 2.24) is 20.2 Å². The quantitative estimate of drug-likeness (QED) is 0.587. The highest BCUT2D eigenvalue weighted by Crippen LogP contribution is 2.24. The molecule has 1 heterocycles. The van der Waals surface area contributed by atoms with Crippen LogP contribution in [-0.4, -0.2) is 39.0 Å². The van der Waals surface area contributed by atoms with Gasteiger partial charge in [-0.05, 0) is 22.3 Å². The lowest BCUT2D eigenvalue weighted by atomic mass is 9.94. The molecule has 0 aliphatic carbocycles. The molecule has 1 aromatic rings. The smallest absolute Gasteiger partial charge is 0.327 e. The Morgan fingerprint density at radius 3 is 2.76 bits per heavy atom. The lowest BCUT2D eigenvalue weighted by molar-refractivity contribution is -0.141. The lowest BCUT2D eigenvalue weighted by Gasteiger charge is -2.16. The summed E-state index contributed by atoms with van der Waals surface area (Å²) < 4.78 is 6.03. The molecule has 0 radical (unpaired) electrons. The van der Waals surface area contributed by atoms with Crippen LogP contribution in [0.1, 0.15) is 27.2 Å². The topological polar surface area (TPSA) is 69.9 Å². The predicted octanol–water partition coefficient (Wildman–Crippen LogP) is 1.37. The van der Waals surface area contributed by atoms with Crippen molar-refractivity contribution < 1.29 is 9.53 Å². The molecule has 17 heavy (non-hydrogen) atoms. The number of hydrogen-bond donors (Lipinski definition) is 0. The SMILES string of the molecule is COC(=O)Cn1nnnc1SCCC(C)(C)C. The van der Waals surface area contributed by atoms with E-state index in [2.05, 4.69) is 41.0 Å². The van der Waals surface area contributed by atoms with E-state index in [0.717, 1.165) is 12.2 Å². The number of hydrogen-bond acceptors (Lipinski definition) is 6. The average molecular weight is 258 g/mol. The molecular formula is C10H18N4O2S. The number of aromatic nitrogens is 4. The van der Waals surface area contributed by atoms with Crippen LogP contribution in [0.5, 0.6) is 0 Å². The fourth-order valence-corrected chi connectivity index (χ4v) is 2.28. The summed E-state index contributed by atoms with van der Waals surface area (Å²) in [5.74, 6) is 0.570. The number of carbonyl (C=O) groups excluding carboxylic acids is 1. The van der Waals surface area contributed by atoms with Gasteiger partial charge in [-0.25, -0.2) is 4.68 Å². The lowest BCUT2D eigenvalue weighted by Crippen LogP contribution is -2.14. The molecule has 0 atom stereocenters. The van der Waals surface area contributed by atoms with Gasteiger partial charge in [-0.2, -0.15) is 0 Å². The number of esters is 1.